The van der Waals surface area contributed by atoms with Crippen molar-refractivity contribution < 1.29 is 4.74 Å². The quantitative estimate of drug-likeness (QED) is 0.805. The number of aliphatic imine (C=N–C) groups is 1. The first-order chi connectivity index (χ1) is 10.8. The van der Waals surface area contributed by atoms with Gasteiger partial charge in [0.05, 0.1) is 5.56 Å². The molecule has 114 valence electrons. The molecule has 3 heterocycles. The summed E-state index contributed by atoms with van der Waals surface area (Å²) in [6, 6.07) is 8.01. The molecule has 22 heavy (non-hydrogen) atoms. The second-order valence-electron chi connectivity index (χ2n) is 5.58. The molecule has 0 N–H and O–H groups in total. The van der Waals surface area contributed by atoms with Gasteiger partial charge in [-0.25, -0.2) is 4.99 Å². The van der Waals surface area contributed by atoms with Crippen LogP contribution in [0.2, 0.25) is 0 Å². The lowest BCUT2D eigenvalue weighted by atomic mass is 10.2. The molecule has 2 aliphatic heterocycles. The van der Waals surface area contributed by atoms with E-state index in [4.69, 9.17) is 9.73 Å². The van der Waals surface area contributed by atoms with Gasteiger partial charge in [0.2, 0.25) is 0 Å². The summed E-state index contributed by atoms with van der Waals surface area (Å²) >= 11 is 1.67. The average molecular weight is 313 g/mol. The van der Waals surface area contributed by atoms with Gasteiger partial charge in [-0.3, -0.25) is 0 Å². The summed E-state index contributed by atoms with van der Waals surface area (Å²) in [5.41, 5.74) is 2.03. The SMILES string of the molecule is CCN1CCN(C2=Nc3ccccc3Oc3cscc32)CC1. The molecule has 0 aliphatic carbocycles. The number of thiophene rings is 1. The zero-order valence-corrected chi connectivity index (χ0v) is 13.5. The van der Waals surface area contributed by atoms with Crippen LogP contribution in [0, 0.1) is 0 Å². The van der Waals surface area contributed by atoms with Gasteiger partial charge >= 0.3 is 0 Å². The molecule has 0 amide bonds. The van der Waals surface area contributed by atoms with E-state index in [1.807, 2.05) is 24.3 Å². The van der Waals surface area contributed by atoms with Crippen molar-refractivity contribution in [2.75, 3.05) is 32.7 Å². The molecule has 0 unspecified atom stereocenters. The van der Waals surface area contributed by atoms with Crippen LogP contribution in [0.3, 0.4) is 0 Å². The Kier molecular flexibility index (Phi) is 3.60. The van der Waals surface area contributed by atoms with Crippen LogP contribution in [0.1, 0.15) is 12.5 Å². The third-order valence-electron chi connectivity index (χ3n) is 4.30. The number of amidine groups is 1. The first-order valence-corrected chi connectivity index (χ1v) is 8.69. The molecule has 5 heteroatoms. The number of hydrogen-bond acceptors (Lipinski definition) is 5. The molecule has 0 radical (unpaired) electrons. The molecule has 0 saturated carbocycles. The van der Waals surface area contributed by atoms with Gasteiger partial charge in [0.15, 0.2) is 5.75 Å². The molecule has 4 nitrogen and oxygen atoms in total. The van der Waals surface area contributed by atoms with Crippen molar-refractivity contribution in [2.24, 2.45) is 4.99 Å². The molecular formula is C17H19N3OS. The second kappa shape index (κ2) is 5.74. The molecule has 0 atom stereocenters. The summed E-state index contributed by atoms with van der Waals surface area (Å²) in [6.07, 6.45) is 0. The highest BCUT2D eigenvalue weighted by atomic mass is 32.1. The van der Waals surface area contributed by atoms with E-state index < -0.39 is 0 Å². The fraction of sp³-hybridized carbons (Fsp3) is 0.353. The number of para-hydroxylation sites is 2. The van der Waals surface area contributed by atoms with E-state index in [-0.39, 0.29) is 0 Å². The van der Waals surface area contributed by atoms with Gasteiger partial charge in [-0.05, 0) is 18.7 Å². The van der Waals surface area contributed by atoms with Crippen LogP contribution in [-0.4, -0.2) is 48.4 Å². The van der Waals surface area contributed by atoms with E-state index in [9.17, 15) is 0 Å². The van der Waals surface area contributed by atoms with Gasteiger partial charge in [0, 0.05) is 36.9 Å². The molecule has 4 rings (SSSR count). The van der Waals surface area contributed by atoms with E-state index in [0.29, 0.717) is 0 Å². The van der Waals surface area contributed by atoms with Crippen molar-refractivity contribution in [3.05, 3.63) is 40.6 Å². The van der Waals surface area contributed by atoms with Crippen LogP contribution in [0.25, 0.3) is 0 Å². The molecule has 0 bridgehead atoms. The van der Waals surface area contributed by atoms with Gasteiger partial charge < -0.3 is 14.5 Å². The van der Waals surface area contributed by atoms with Crippen LogP contribution in [0.5, 0.6) is 11.5 Å². The lowest BCUT2D eigenvalue weighted by molar-refractivity contribution is 0.190. The first-order valence-electron chi connectivity index (χ1n) is 7.74. The van der Waals surface area contributed by atoms with Crippen LogP contribution in [0.4, 0.5) is 5.69 Å². The highest BCUT2D eigenvalue weighted by Gasteiger charge is 2.25. The number of fused-ring (bicyclic) bond motifs is 2. The predicted molar refractivity (Wildman–Crippen MR) is 90.7 cm³/mol. The summed E-state index contributed by atoms with van der Waals surface area (Å²) in [4.78, 5) is 9.80. The molecule has 1 fully saturated rings. The minimum atomic E-state index is 0.837. The first kappa shape index (κ1) is 13.8. The smallest absolute Gasteiger partial charge is 0.153 e. The Balaban J connectivity index is 1.73. The van der Waals surface area contributed by atoms with Crippen molar-refractivity contribution in [3.63, 3.8) is 0 Å². The van der Waals surface area contributed by atoms with Crippen LogP contribution in [0.15, 0.2) is 40.0 Å². The third kappa shape index (κ3) is 2.40. The monoisotopic (exact) mass is 313 g/mol. The van der Waals surface area contributed by atoms with Crippen molar-refractivity contribution >= 4 is 22.9 Å². The van der Waals surface area contributed by atoms with Crippen molar-refractivity contribution in [2.45, 2.75) is 6.92 Å². The second-order valence-corrected chi connectivity index (χ2v) is 6.32. The van der Waals surface area contributed by atoms with E-state index in [0.717, 1.165) is 61.3 Å². The number of nitrogens with zero attached hydrogens (tertiary/aromatic N) is 3. The van der Waals surface area contributed by atoms with Crippen molar-refractivity contribution in [1.29, 1.82) is 0 Å². The van der Waals surface area contributed by atoms with Crippen LogP contribution >= 0.6 is 11.3 Å². The maximum absolute atomic E-state index is 6.06. The zero-order valence-electron chi connectivity index (χ0n) is 12.7. The van der Waals surface area contributed by atoms with Gasteiger partial charge in [0.1, 0.15) is 17.3 Å². The predicted octanol–water partition coefficient (Wildman–Crippen LogP) is 3.57. The molecule has 2 aromatic rings. The Labute approximate surface area is 134 Å². The molecule has 1 saturated heterocycles. The molecular weight excluding hydrogens is 294 g/mol. The summed E-state index contributed by atoms with van der Waals surface area (Å²) in [5, 5.41) is 4.21. The number of hydrogen-bond donors (Lipinski definition) is 0. The normalized spacial score (nSPS) is 18.0. The summed E-state index contributed by atoms with van der Waals surface area (Å²) in [5.74, 6) is 2.81. The van der Waals surface area contributed by atoms with Crippen LogP contribution in [-0.2, 0) is 0 Å². The number of rotatable bonds is 1. The van der Waals surface area contributed by atoms with Gasteiger partial charge in [-0.2, -0.15) is 0 Å². The van der Waals surface area contributed by atoms with Crippen molar-refractivity contribution in [3.8, 4) is 11.5 Å². The molecule has 2 aliphatic rings. The van der Waals surface area contributed by atoms with Gasteiger partial charge in [-0.15, -0.1) is 11.3 Å². The number of likely N-dealkylation sites (N-methyl/N-ethyl adjacent to an activating group) is 1. The Morgan fingerprint density at radius 1 is 1.09 bits per heavy atom. The van der Waals surface area contributed by atoms with E-state index >= 15 is 0 Å². The average Bonchev–Trinajstić information content (AvgIpc) is 2.96. The fourth-order valence-corrected chi connectivity index (χ4v) is 3.70. The summed E-state index contributed by atoms with van der Waals surface area (Å²) < 4.78 is 6.06. The maximum Gasteiger partial charge on any atom is 0.153 e. The Morgan fingerprint density at radius 3 is 2.73 bits per heavy atom. The minimum Gasteiger partial charge on any atom is -0.453 e. The highest BCUT2D eigenvalue weighted by molar-refractivity contribution is 7.08. The fourth-order valence-electron chi connectivity index (χ4n) is 2.97. The Morgan fingerprint density at radius 2 is 1.91 bits per heavy atom. The van der Waals surface area contributed by atoms with Crippen LogP contribution < -0.4 is 4.74 Å². The van der Waals surface area contributed by atoms with Gasteiger partial charge in [-0.1, -0.05) is 19.1 Å². The van der Waals surface area contributed by atoms with Gasteiger partial charge in [0.25, 0.3) is 0 Å². The Hall–Kier alpha value is -1.85. The summed E-state index contributed by atoms with van der Waals surface area (Å²) in [6.45, 7) is 7.57. The summed E-state index contributed by atoms with van der Waals surface area (Å²) in [7, 11) is 0. The lowest BCUT2D eigenvalue weighted by Crippen LogP contribution is -2.48. The molecule has 1 aromatic carbocycles. The number of piperazine rings is 1. The molecule has 0 spiro atoms. The van der Waals surface area contributed by atoms with E-state index in [2.05, 4.69) is 27.5 Å². The lowest BCUT2D eigenvalue weighted by Gasteiger charge is -2.35. The largest absolute Gasteiger partial charge is 0.453 e. The maximum atomic E-state index is 6.06. The zero-order chi connectivity index (χ0) is 14.9. The number of benzene rings is 1. The van der Waals surface area contributed by atoms with E-state index in [1.165, 1.54) is 0 Å². The molecule has 1 aromatic heterocycles. The minimum absolute atomic E-state index is 0.837. The van der Waals surface area contributed by atoms with Crippen molar-refractivity contribution in [1.82, 2.24) is 9.80 Å². The highest BCUT2D eigenvalue weighted by Crippen LogP contribution is 2.39. The third-order valence-corrected chi connectivity index (χ3v) is 5.02. The van der Waals surface area contributed by atoms with E-state index in [1.54, 1.807) is 11.3 Å². The number of ether oxygens (including phenoxy) is 1. The standard InChI is InChI=1S/C17H19N3OS/c1-2-19-7-9-20(10-8-19)17-13-11-22-12-16(13)21-15-6-4-3-5-14(15)18-17/h3-6,11-12H,2,7-10H2,1H3. The topological polar surface area (TPSA) is 28.1 Å². The Bertz CT molecular complexity index is 701.